The minimum Gasteiger partial charge on any atom is -0.486 e. The first-order valence-electron chi connectivity index (χ1n) is 6.25. The van der Waals surface area contributed by atoms with E-state index < -0.39 is 10.8 Å². The third kappa shape index (κ3) is 3.96. The van der Waals surface area contributed by atoms with Crippen LogP contribution in [0.15, 0.2) is 16.6 Å². The first kappa shape index (κ1) is 15.3. The second kappa shape index (κ2) is 7.08. The Morgan fingerprint density at radius 1 is 1.40 bits per heavy atom. The van der Waals surface area contributed by atoms with Crippen LogP contribution in [0.3, 0.4) is 0 Å². The van der Waals surface area contributed by atoms with Gasteiger partial charge >= 0.3 is 0 Å². The van der Waals surface area contributed by atoms with E-state index in [0.29, 0.717) is 53.5 Å². The molecule has 1 aliphatic heterocycles. The fraction of sp³-hybridized carbons (Fsp3) is 0.462. The lowest BCUT2D eigenvalue weighted by molar-refractivity contribution is 0.0952. The molecule has 0 unspecified atom stereocenters. The molecule has 1 heterocycles. The topological polar surface area (TPSA) is 64.6 Å². The van der Waals surface area contributed by atoms with Crippen LogP contribution in [0.25, 0.3) is 0 Å². The average Bonchev–Trinajstić information content (AvgIpc) is 2.43. The molecule has 7 heteroatoms. The number of carbonyl (C=O) groups excluding carboxylic acids is 1. The van der Waals surface area contributed by atoms with Crippen LogP contribution in [-0.4, -0.2) is 41.9 Å². The van der Waals surface area contributed by atoms with Gasteiger partial charge in [-0.15, -0.1) is 0 Å². The zero-order valence-electron chi connectivity index (χ0n) is 11.1. The fourth-order valence-electron chi connectivity index (χ4n) is 1.82. The van der Waals surface area contributed by atoms with Gasteiger partial charge < -0.3 is 14.8 Å². The van der Waals surface area contributed by atoms with Gasteiger partial charge in [-0.1, -0.05) is 0 Å². The highest BCUT2D eigenvalue weighted by Gasteiger charge is 2.18. The highest BCUT2D eigenvalue weighted by Crippen LogP contribution is 2.38. The number of benzene rings is 1. The number of carbonyl (C=O) groups is 1. The van der Waals surface area contributed by atoms with Crippen LogP contribution in [0.5, 0.6) is 11.5 Å². The molecular weight excluding hydrogens is 346 g/mol. The standard InChI is InChI=1S/C13H16BrNO4S/c1-20(17)6-2-3-15-13(16)9-7-10(14)12-11(8-9)18-4-5-19-12/h7-8H,2-6H2,1H3,(H,15,16)/t20-/m0/s1. The zero-order chi connectivity index (χ0) is 14.5. The molecule has 1 N–H and O–H groups in total. The second-order valence-corrected chi connectivity index (χ2v) is 6.78. The van der Waals surface area contributed by atoms with Gasteiger partial charge in [0.2, 0.25) is 0 Å². The Labute approximate surface area is 128 Å². The van der Waals surface area contributed by atoms with E-state index >= 15 is 0 Å². The molecule has 110 valence electrons. The van der Waals surface area contributed by atoms with Gasteiger partial charge in [-0.3, -0.25) is 9.00 Å². The first-order valence-corrected chi connectivity index (χ1v) is 8.77. The van der Waals surface area contributed by atoms with E-state index in [1.165, 1.54) is 0 Å². The molecule has 1 aromatic carbocycles. The lowest BCUT2D eigenvalue weighted by Crippen LogP contribution is -2.26. The van der Waals surface area contributed by atoms with E-state index in [1.54, 1.807) is 18.4 Å². The van der Waals surface area contributed by atoms with Crippen molar-refractivity contribution >= 4 is 32.6 Å². The summed E-state index contributed by atoms with van der Waals surface area (Å²) in [7, 11) is -0.826. The molecule has 0 fully saturated rings. The predicted molar refractivity (Wildman–Crippen MR) is 81.0 cm³/mol. The lowest BCUT2D eigenvalue weighted by atomic mass is 10.2. The molecule has 0 saturated carbocycles. The van der Waals surface area contributed by atoms with Crippen LogP contribution in [0.4, 0.5) is 0 Å². The van der Waals surface area contributed by atoms with E-state index in [-0.39, 0.29) is 5.91 Å². The van der Waals surface area contributed by atoms with Gasteiger partial charge in [-0.05, 0) is 34.5 Å². The third-order valence-electron chi connectivity index (χ3n) is 2.75. The fourth-order valence-corrected chi connectivity index (χ4v) is 2.93. The third-order valence-corrected chi connectivity index (χ3v) is 4.21. The van der Waals surface area contributed by atoms with Gasteiger partial charge in [0.15, 0.2) is 11.5 Å². The molecule has 1 aliphatic rings. The van der Waals surface area contributed by atoms with Crippen LogP contribution in [0.1, 0.15) is 16.8 Å². The largest absolute Gasteiger partial charge is 0.486 e. The normalized spacial score (nSPS) is 14.7. The first-order chi connectivity index (χ1) is 9.58. The van der Waals surface area contributed by atoms with Crippen LogP contribution in [-0.2, 0) is 10.8 Å². The van der Waals surface area contributed by atoms with Crippen LogP contribution in [0.2, 0.25) is 0 Å². The minimum absolute atomic E-state index is 0.176. The lowest BCUT2D eigenvalue weighted by Gasteiger charge is -2.20. The Morgan fingerprint density at radius 2 is 2.15 bits per heavy atom. The Bertz CT molecular complexity index is 535. The SMILES string of the molecule is C[S@](=O)CCCNC(=O)c1cc(Br)c2c(c1)OCCO2. The predicted octanol–water partition coefficient (Wildman–Crippen LogP) is 1.72. The molecule has 5 nitrogen and oxygen atoms in total. The van der Waals surface area contributed by atoms with E-state index in [4.69, 9.17) is 9.47 Å². The molecular formula is C13H16BrNO4S. The Balaban J connectivity index is 1.99. The van der Waals surface area contributed by atoms with Crippen molar-refractivity contribution in [2.45, 2.75) is 6.42 Å². The monoisotopic (exact) mass is 361 g/mol. The van der Waals surface area contributed by atoms with Gasteiger partial charge in [-0.2, -0.15) is 0 Å². The molecule has 2 rings (SSSR count). The van der Waals surface area contributed by atoms with Crippen molar-refractivity contribution in [2.24, 2.45) is 0 Å². The van der Waals surface area contributed by atoms with Gasteiger partial charge in [-0.25, -0.2) is 0 Å². The molecule has 0 aliphatic carbocycles. The number of hydrogen-bond donors (Lipinski definition) is 1. The number of ether oxygens (including phenoxy) is 2. The molecule has 1 amide bonds. The maximum absolute atomic E-state index is 12.0. The summed E-state index contributed by atoms with van der Waals surface area (Å²) < 4.78 is 22.6. The van der Waals surface area contributed by atoms with E-state index in [0.717, 1.165) is 0 Å². The van der Waals surface area contributed by atoms with Crippen molar-refractivity contribution in [2.75, 3.05) is 31.8 Å². The molecule has 0 saturated heterocycles. The molecule has 20 heavy (non-hydrogen) atoms. The number of nitrogens with one attached hydrogen (secondary N) is 1. The molecule has 0 aromatic heterocycles. The van der Waals surface area contributed by atoms with Crippen molar-refractivity contribution in [1.82, 2.24) is 5.32 Å². The van der Waals surface area contributed by atoms with Crippen LogP contribution in [0, 0.1) is 0 Å². The number of halogens is 1. The summed E-state index contributed by atoms with van der Waals surface area (Å²) >= 11 is 3.38. The summed E-state index contributed by atoms with van der Waals surface area (Å²) in [5.41, 5.74) is 0.513. The Kier molecular flexibility index (Phi) is 5.42. The van der Waals surface area contributed by atoms with Crippen molar-refractivity contribution in [3.63, 3.8) is 0 Å². The molecule has 0 spiro atoms. The Morgan fingerprint density at radius 3 is 2.90 bits per heavy atom. The number of rotatable bonds is 5. The van der Waals surface area contributed by atoms with Crippen molar-refractivity contribution < 1.29 is 18.5 Å². The minimum atomic E-state index is -0.826. The zero-order valence-corrected chi connectivity index (χ0v) is 13.5. The van der Waals surface area contributed by atoms with E-state index in [2.05, 4.69) is 21.2 Å². The summed E-state index contributed by atoms with van der Waals surface area (Å²) in [5, 5.41) is 2.80. The molecule has 0 radical (unpaired) electrons. The number of fused-ring (bicyclic) bond motifs is 1. The smallest absolute Gasteiger partial charge is 0.251 e. The summed E-state index contributed by atoms with van der Waals surface area (Å²) in [6.45, 7) is 1.49. The van der Waals surface area contributed by atoms with E-state index in [1.807, 2.05) is 0 Å². The van der Waals surface area contributed by atoms with Crippen LogP contribution >= 0.6 is 15.9 Å². The molecule has 0 bridgehead atoms. The summed E-state index contributed by atoms with van der Waals surface area (Å²) in [4.78, 5) is 12.0. The van der Waals surface area contributed by atoms with Gasteiger partial charge in [0.1, 0.15) is 13.2 Å². The second-order valence-electron chi connectivity index (χ2n) is 4.37. The van der Waals surface area contributed by atoms with Gasteiger partial charge in [0.25, 0.3) is 5.91 Å². The van der Waals surface area contributed by atoms with Gasteiger partial charge in [0, 0.05) is 34.9 Å². The number of hydrogen-bond acceptors (Lipinski definition) is 4. The summed E-state index contributed by atoms with van der Waals surface area (Å²) in [5.74, 6) is 1.62. The van der Waals surface area contributed by atoms with Crippen molar-refractivity contribution in [3.8, 4) is 11.5 Å². The average molecular weight is 362 g/mol. The van der Waals surface area contributed by atoms with Crippen molar-refractivity contribution in [1.29, 1.82) is 0 Å². The van der Waals surface area contributed by atoms with Crippen LogP contribution < -0.4 is 14.8 Å². The highest BCUT2D eigenvalue weighted by atomic mass is 79.9. The maximum Gasteiger partial charge on any atom is 0.251 e. The summed E-state index contributed by atoms with van der Waals surface area (Å²) in [6.07, 6.45) is 2.35. The summed E-state index contributed by atoms with van der Waals surface area (Å²) in [6, 6.07) is 3.38. The van der Waals surface area contributed by atoms with Crippen molar-refractivity contribution in [3.05, 3.63) is 22.2 Å². The van der Waals surface area contributed by atoms with Gasteiger partial charge in [0.05, 0.1) is 4.47 Å². The quantitative estimate of drug-likeness (QED) is 0.811. The maximum atomic E-state index is 12.0. The number of amides is 1. The molecule has 1 atom stereocenters. The highest BCUT2D eigenvalue weighted by molar-refractivity contribution is 9.10. The van der Waals surface area contributed by atoms with E-state index in [9.17, 15) is 9.00 Å². The molecule has 1 aromatic rings. The Hall–Kier alpha value is -1.08.